The van der Waals surface area contributed by atoms with Gasteiger partial charge in [0, 0.05) is 5.02 Å². The molecule has 0 aromatic heterocycles. The van der Waals surface area contributed by atoms with Gasteiger partial charge >= 0.3 is 5.97 Å². The zero-order chi connectivity index (χ0) is 18.2. The summed E-state index contributed by atoms with van der Waals surface area (Å²) in [6.45, 7) is 1.05. The number of ether oxygens (including phenoxy) is 2. The standard InChI is InChI=1S/C18H17Cl2NO4/c1-12(13-6-2-3-7-14(13)19)21-17(22)10-25-18(23)11-24-16-9-5-4-8-15(16)20/h2-9,12H,10-11H2,1H3,(H,21,22)/t12-/m0/s1. The van der Waals surface area contributed by atoms with Crippen molar-refractivity contribution in [3.05, 3.63) is 64.1 Å². The van der Waals surface area contributed by atoms with E-state index in [2.05, 4.69) is 5.32 Å². The van der Waals surface area contributed by atoms with Gasteiger partial charge in [0.1, 0.15) is 5.75 Å². The minimum Gasteiger partial charge on any atom is -0.480 e. The first-order chi connectivity index (χ1) is 12.0. The van der Waals surface area contributed by atoms with E-state index in [9.17, 15) is 9.59 Å². The number of amides is 1. The monoisotopic (exact) mass is 381 g/mol. The zero-order valence-corrected chi connectivity index (χ0v) is 15.0. The number of hydrogen-bond acceptors (Lipinski definition) is 4. The van der Waals surface area contributed by atoms with E-state index in [-0.39, 0.29) is 12.6 Å². The van der Waals surface area contributed by atoms with E-state index in [1.165, 1.54) is 0 Å². The molecule has 1 amide bonds. The van der Waals surface area contributed by atoms with E-state index in [1.54, 1.807) is 43.3 Å². The number of esters is 1. The molecule has 2 aromatic rings. The number of carbonyl (C=O) groups excluding carboxylic acids is 2. The van der Waals surface area contributed by atoms with Gasteiger partial charge in [-0.3, -0.25) is 4.79 Å². The van der Waals surface area contributed by atoms with Gasteiger partial charge in [-0.15, -0.1) is 0 Å². The maximum Gasteiger partial charge on any atom is 0.344 e. The van der Waals surface area contributed by atoms with Crippen LogP contribution >= 0.6 is 23.2 Å². The molecule has 0 fully saturated rings. The fourth-order valence-corrected chi connectivity index (χ4v) is 2.56. The van der Waals surface area contributed by atoms with Crippen LogP contribution in [0.15, 0.2) is 48.5 Å². The van der Waals surface area contributed by atoms with Crippen molar-refractivity contribution in [2.75, 3.05) is 13.2 Å². The molecule has 5 nitrogen and oxygen atoms in total. The van der Waals surface area contributed by atoms with Crippen molar-refractivity contribution in [2.24, 2.45) is 0 Å². The van der Waals surface area contributed by atoms with Crippen molar-refractivity contribution in [3.8, 4) is 5.75 Å². The van der Waals surface area contributed by atoms with Crippen LogP contribution in [0.1, 0.15) is 18.5 Å². The highest BCUT2D eigenvalue weighted by Gasteiger charge is 2.14. The lowest BCUT2D eigenvalue weighted by Gasteiger charge is -2.15. The van der Waals surface area contributed by atoms with Crippen LogP contribution in [0.25, 0.3) is 0 Å². The third-order valence-electron chi connectivity index (χ3n) is 3.30. The van der Waals surface area contributed by atoms with Crippen LogP contribution < -0.4 is 10.1 Å². The third-order valence-corrected chi connectivity index (χ3v) is 3.95. The summed E-state index contributed by atoms with van der Waals surface area (Å²) >= 11 is 12.0. The Kier molecular flexibility index (Phi) is 7.10. The second kappa shape index (κ2) is 9.30. The topological polar surface area (TPSA) is 64.6 Å². The van der Waals surface area contributed by atoms with Gasteiger partial charge in [-0.2, -0.15) is 0 Å². The molecule has 0 saturated heterocycles. The number of benzene rings is 2. The first-order valence-electron chi connectivity index (χ1n) is 7.54. The summed E-state index contributed by atoms with van der Waals surface area (Å²) in [5, 5.41) is 3.66. The zero-order valence-electron chi connectivity index (χ0n) is 13.5. The predicted octanol–water partition coefficient (Wildman–Crippen LogP) is 3.79. The van der Waals surface area contributed by atoms with Crippen LogP contribution in [0.4, 0.5) is 0 Å². The molecule has 25 heavy (non-hydrogen) atoms. The summed E-state index contributed by atoms with van der Waals surface area (Å²) < 4.78 is 10.1. The van der Waals surface area contributed by atoms with E-state index >= 15 is 0 Å². The number of carbonyl (C=O) groups is 2. The van der Waals surface area contributed by atoms with Crippen LogP contribution in [-0.2, 0) is 14.3 Å². The van der Waals surface area contributed by atoms with Crippen LogP contribution in [0, 0.1) is 0 Å². The Hall–Kier alpha value is -2.24. The summed E-state index contributed by atoms with van der Waals surface area (Å²) in [5.74, 6) is -0.725. The largest absolute Gasteiger partial charge is 0.480 e. The molecular weight excluding hydrogens is 365 g/mol. The first-order valence-corrected chi connectivity index (χ1v) is 8.29. The van der Waals surface area contributed by atoms with Gasteiger partial charge in [0.25, 0.3) is 5.91 Å². The van der Waals surface area contributed by atoms with Crippen molar-refractivity contribution in [2.45, 2.75) is 13.0 Å². The van der Waals surface area contributed by atoms with E-state index < -0.39 is 18.5 Å². The molecule has 0 aliphatic rings. The van der Waals surface area contributed by atoms with Crippen LogP contribution in [0.2, 0.25) is 10.0 Å². The van der Waals surface area contributed by atoms with E-state index in [0.717, 1.165) is 5.56 Å². The van der Waals surface area contributed by atoms with E-state index in [4.69, 9.17) is 32.7 Å². The number of rotatable bonds is 7. The molecule has 1 atom stereocenters. The van der Waals surface area contributed by atoms with Crippen molar-refractivity contribution in [1.29, 1.82) is 0 Å². The first kappa shape index (κ1) is 19.1. The average molecular weight is 382 g/mol. The fourth-order valence-electron chi connectivity index (χ4n) is 2.07. The molecule has 0 aliphatic heterocycles. The summed E-state index contributed by atoms with van der Waals surface area (Å²) in [7, 11) is 0. The fraction of sp³-hybridized carbons (Fsp3) is 0.222. The van der Waals surface area contributed by atoms with Gasteiger partial charge in [0.2, 0.25) is 0 Å². The quantitative estimate of drug-likeness (QED) is 0.740. The van der Waals surface area contributed by atoms with Gasteiger partial charge in [-0.1, -0.05) is 53.5 Å². The Morgan fingerprint density at radius 1 is 1.00 bits per heavy atom. The van der Waals surface area contributed by atoms with E-state index in [0.29, 0.717) is 15.8 Å². The second-order valence-corrected chi connectivity index (χ2v) is 6.00. The molecule has 0 aliphatic carbocycles. The number of halogens is 2. The van der Waals surface area contributed by atoms with Crippen LogP contribution in [-0.4, -0.2) is 25.1 Å². The summed E-state index contributed by atoms with van der Waals surface area (Å²) in [6.07, 6.45) is 0. The molecule has 0 unspecified atom stereocenters. The molecule has 1 N–H and O–H groups in total. The maximum absolute atomic E-state index is 11.9. The SMILES string of the molecule is C[C@H](NC(=O)COC(=O)COc1ccccc1Cl)c1ccccc1Cl. The Morgan fingerprint density at radius 2 is 1.64 bits per heavy atom. The molecule has 0 radical (unpaired) electrons. The predicted molar refractivity (Wildman–Crippen MR) is 95.9 cm³/mol. The Morgan fingerprint density at radius 3 is 2.32 bits per heavy atom. The smallest absolute Gasteiger partial charge is 0.344 e. The van der Waals surface area contributed by atoms with Crippen molar-refractivity contribution >= 4 is 35.1 Å². The van der Waals surface area contributed by atoms with E-state index in [1.807, 2.05) is 12.1 Å². The van der Waals surface area contributed by atoms with Gasteiger partial charge in [0.05, 0.1) is 11.1 Å². The molecule has 7 heteroatoms. The normalized spacial score (nSPS) is 11.5. The minimum atomic E-state index is -0.666. The highest BCUT2D eigenvalue weighted by atomic mass is 35.5. The molecule has 0 spiro atoms. The average Bonchev–Trinajstić information content (AvgIpc) is 2.59. The van der Waals surface area contributed by atoms with Gasteiger partial charge in [-0.25, -0.2) is 4.79 Å². The lowest BCUT2D eigenvalue weighted by molar-refractivity contribution is -0.150. The minimum absolute atomic E-state index is 0.306. The third kappa shape index (κ3) is 5.96. The second-order valence-electron chi connectivity index (χ2n) is 5.19. The summed E-state index contributed by atoms with van der Waals surface area (Å²) in [6, 6.07) is 13.6. The highest BCUT2D eigenvalue weighted by molar-refractivity contribution is 6.32. The molecule has 2 aromatic carbocycles. The van der Waals surface area contributed by atoms with Crippen molar-refractivity contribution in [1.82, 2.24) is 5.32 Å². The van der Waals surface area contributed by atoms with Crippen LogP contribution in [0.3, 0.4) is 0 Å². The van der Waals surface area contributed by atoms with Gasteiger partial charge in [0.15, 0.2) is 13.2 Å². The summed E-state index contributed by atoms with van der Waals surface area (Å²) in [5.41, 5.74) is 0.783. The molecule has 0 heterocycles. The molecule has 2 rings (SSSR count). The molecule has 0 saturated carbocycles. The molecule has 0 bridgehead atoms. The lowest BCUT2D eigenvalue weighted by atomic mass is 10.1. The Bertz CT molecular complexity index is 751. The molecule has 132 valence electrons. The lowest BCUT2D eigenvalue weighted by Crippen LogP contribution is -2.32. The number of para-hydroxylation sites is 1. The van der Waals surface area contributed by atoms with Gasteiger partial charge < -0.3 is 14.8 Å². The highest BCUT2D eigenvalue weighted by Crippen LogP contribution is 2.23. The summed E-state index contributed by atoms with van der Waals surface area (Å²) in [4.78, 5) is 23.5. The maximum atomic E-state index is 11.9. The Labute approximate surface area is 155 Å². The number of nitrogens with one attached hydrogen (secondary N) is 1. The number of hydrogen-bond donors (Lipinski definition) is 1. The van der Waals surface area contributed by atoms with Crippen molar-refractivity contribution in [3.63, 3.8) is 0 Å². The molecular formula is C18H17Cl2NO4. The van der Waals surface area contributed by atoms with Crippen LogP contribution in [0.5, 0.6) is 5.75 Å². The van der Waals surface area contributed by atoms with Gasteiger partial charge in [-0.05, 0) is 30.7 Å². The van der Waals surface area contributed by atoms with Crippen molar-refractivity contribution < 1.29 is 19.1 Å². The Balaban J connectivity index is 1.75.